The van der Waals surface area contributed by atoms with Crippen LogP contribution in [-0.2, 0) is 170 Å². The summed E-state index contributed by atoms with van der Waals surface area (Å²) in [6.07, 6.45) is -0.0376. The molecule has 4 rings (SSSR count). The summed E-state index contributed by atoms with van der Waals surface area (Å²) in [4.78, 5) is 128. The third-order valence-electron chi connectivity index (χ3n) is 5.16. The zero-order chi connectivity index (χ0) is 28.7. The predicted molar refractivity (Wildman–Crippen MR) is 122 cm³/mol. The maximum absolute atomic E-state index is 11.0. The molecule has 0 bridgehead atoms. The van der Waals surface area contributed by atoms with Gasteiger partial charge in [-0.1, -0.05) is 0 Å². The number of hydrogen-bond donors (Lipinski definition) is 1. The van der Waals surface area contributed by atoms with E-state index >= 15 is 0 Å². The minimum atomic E-state index is -2.90. The van der Waals surface area contributed by atoms with Crippen LogP contribution in [0.25, 0.3) is 23.4 Å². The minimum Gasteiger partial charge on any atom is -0.693 e. The first kappa shape index (κ1) is 54.2. The van der Waals surface area contributed by atoms with Crippen molar-refractivity contribution in [1.29, 1.82) is 0 Å². The number of carboxylic acid groups (broad SMARTS) is 1. The number of carboxylic acids is 1. The standard InChI is InChI=1S/C6H8N2O6.C6H4N2O4.C5O6.2CH3.2H2N.3Y/c1-8(2-9)6(4(7)11,5(12)13)14-3-10;1-8-4(11)6(5(8)12)2(9)7-3(6)10;6-1-5(2(7)10-1)3(8)11-4(5)9;;;;;;;/h2-3H,1H3,(H3,7,11,12,13);1H3,(H,7,9,10);;2*1H3;2*1H2;;;/q;;;4*-1;;;/p-2. The number of carbonyl (C=O) groups is 12. The average Bonchev–Trinajstić information content (AvgIpc) is 2.81. The van der Waals surface area contributed by atoms with Crippen molar-refractivity contribution in [3.8, 4) is 0 Å². The number of hydrogen-bond acceptors (Lipinski definition) is 15. The van der Waals surface area contributed by atoms with Gasteiger partial charge >= 0.3 is 41.0 Å². The van der Waals surface area contributed by atoms with Gasteiger partial charge in [-0.05, 0) is 0 Å². The van der Waals surface area contributed by atoms with Crippen molar-refractivity contribution in [2.75, 3.05) is 14.1 Å². The van der Waals surface area contributed by atoms with Crippen molar-refractivity contribution in [2.45, 2.75) is 5.72 Å². The van der Waals surface area contributed by atoms with E-state index in [1.165, 1.54) is 7.05 Å². The average molecular weight is 855 g/mol. The van der Waals surface area contributed by atoms with E-state index in [4.69, 9.17) is 10.8 Å². The number of β-lactam (4-membered cyclic amide) rings is 4. The zero-order valence-electron chi connectivity index (χ0n) is 23.0. The molecule has 6 amide bonds. The molecule has 4 aliphatic heterocycles. The molecule has 0 aromatic heterocycles. The van der Waals surface area contributed by atoms with Gasteiger partial charge in [-0.25, -0.2) is 24.0 Å². The molecule has 44 heavy (non-hydrogen) atoms. The fraction of sp³-hybridized carbons (Fsp3) is 0.263. The number of cyclic esters (lactones) is 4. The number of ether oxygens (including phenoxy) is 3. The van der Waals surface area contributed by atoms with Crippen LogP contribution in [0.4, 0.5) is 0 Å². The number of esters is 4. The number of aliphatic carboxylic acids is 1. The topological polar surface area (TPSA) is 364 Å². The second-order valence-electron chi connectivity index (χ2n) is 6.95. The fourth-order valence-electron chi connectivity index (χ4n) is 2.92. The first-order valence-electron chi connectivity index (χ1n) is 9.01. The number of carbonyl (C=O) groups excluding carboxylic acids is 11. The van der Waals surface area contributed by atoms with E-state index in [9.17, 15) is 57.5 Å². The summed E-state index contributed by atoms with van der Waals surface area (Å²) in [5.41, 5.74) is -0.522. The van der Waals surface area contributed by atoms with Crippen LogP contribution in [0.1, 0.15) is 0 Å². The van der Waals surface area contributed by atoms with Crippen molar-refractivity contribution < 1.29 is 175 Å². The first-order valence-corrected chi connectivity index (χ1v) is 9.01. The normalized spacial score (nSPS) is 17.5. The summed E-state index contributed by atoms with van der Waals surface area (Å²) in [7, 11) is 2.12. The molecule has 4 fully saturated rings. The van der Waals surface area contributed by atoms with Crippen molar-refractivity contribution in [2.24, 2.45) is 10.8 Å². The Balaban J connectivity index is -0.000000114. The summed E-state index contributed by atoms with van der Waals surface area (Å²) in [5.74, 6) is -11.6. The third-order valence-corrected chi connectivity index (χ3v) is 5.16. The molecule has 1 unspecified atom stereocenters. The molecule has 237 valence electrons. The number of likely N-dealkylation sites (tertiary alicyclic amines) is 1. The van der Waals surface area contributed by atoms with Crippen LogP contribution in [0.2, 0.25) is 0 Å². The Kier molecular flexibility index (Phi) is 23.7. The van der Waals surface area contributed by atoms with E-state index in [2.05, 4.69) is 19.5 Å². The summed E-state index contributed by atoms with van der Waals surface area (Å²) in [5, 5.41) is 11.5. The van der Waals surface area contributed by atoms with Crippen molar-refractivity contribution in [3.05, 3.63) is 38.2 Å². The van der Waals surface area contributed by atoms with Gasteiger partial charge in [-0.15, -0.1) is 0 Å². The Bertz CT molecular complexity index is 1150. The molecule has 3 radical (unpaired) electrons. The molecule has 0 saturated carbocycles. The first-order chi connectivity index (χ1) is 17.1. The molecule has 4 saturated heterocycles. The van der Waals surface area contributed by atoms with E-state index in [-0.39, 0.29) is 143 Å². The van der Waals surface area contributed by atoms with E-state index in [0.717, 1.165) is 11.9 Å². The largest absolute Gasteiger partial charge is 0.693 e. The Morgan fingerprint density at radius 2 is 1.20 bits per heavy atom. The maximum Gasteiger partial charge on any atom is 0.377 e. The molecule has 0 aromatic rings. The van der Waals surface area contributed by atoms with E-state index in [1.807, 2.05) is 0 Å². The van der Waals surface area contributed by atoms with Gasteiger partial charge in [0.15, 0.2) is 0 Å². The number of likely N-dealkylation sites (N-methyl/N-ethyl adjacent to an activating group) is 1. The molecule has 1 atom stereocenters. The molecule has 6 N–H and O–H groups in total. The molecular weight excluding hydrogens is 835 g/mol. The summed E-state index contributed by atoms with van der Waals surface area (Å²) in [6, 6.07) is 0. The Labute approximate surface area is 322 Å². The van der Waals surface area contributed by atoms with Gasteiger partial charge in [0.25, 0.3) is 18.3 Å². The zero-order valence-corrected chi connectivity index (χ0v) is 31.5. The number of rotatable bonds is 6. The van der Waals surface area contributed by atoms with Crippen LogP contribution in [-0.4, -0.2) is 107 Å². The van der Waals surface area contributed by atoms with Crippen molar-refractivity contribution in [1.82, 2.24) is 9.80 Å². The second-order valence-corrected chi connectivity index (χ2v) is 6.95. The van der Waals surface area contributed by atoms with Crippen LogP contribution in [0.15, 0.2) is 0 Å². The summed E-state index contributed by atoms with van der Waals surface area (Å²) < 4.78 is 11.7. The Hall–Kier alpha value is -2.33. The van der Waals surface area contributed by atoms with Gasteiger partial charge in [0.2, 0.25) is 11.8 Å². The van der Waals surface area contributed by atoms with E-state index in [1.54, 1.807) is 0 Å². The molecule has 2 spiro atoms. The second kappa shape index (κ2) is 19.2. The van der Waals surface area contributed by atoms with Gasteiger partial charge in [-0.2, -0.15) is 0 Å². The van der Waals surface area contributed by atoms with Crippen LogP contribution < -0.4 is 0 Å². The van der Waals surface area contributed by atoms with Gasteiger partial charge in [0.05, 0.1) is 11.8 Å². The van der Waals surface area contributed by atoms with E-state index in [0.29, 0.717) is 0 Å². The van der Waals surface area contributed by atoms with Gasteiger partial charge in [-0.3, -0.25) is 29.0 Å². The Morgan fingerprint density at radius 1 is 0.864 bits per heavy atom. The maximum atomic E-state index is 11.0. The monoisotopic (exact) mass is 855 g/mol. The smallest absolute Gasteiger partial charge is 0.377 e. The number of imide groups is 2. The van der Waals surface area contributed by atoms with Gasteiger partial charge in [0.1, 0.15) is 5.91 Å². The van der Waals surface area contributed by atoms with E-state index < -0.39 is 75.9 Å². The third kappa shape index (κ3) is 7.38. The molecular formula is C19H20N6O16Y3-6. The van der Waals surface area contributed by atoms with Crippen LogP contribution in [0, 0.1) is 25.7 Å². The van der Waals surface area contributed by atoms with Crippen LogP contribution in [0.5, 0.6) is 0 Å². The van der Waals surface area contributed by atoms with Crippen LogP contribution >= 0.6 is 0 Å². The van der Waals surface area contributed by atoms with Gasteiger partial charge < -0.3 is 71.9 Å². The van der Waals surface area contributed by atoms with Crippen molar-refractivity contribution >= 4 is 72.3 Å². The summed E-state index contributed by atoms with van der Waals surface area (Å²) in [6.45, 7) is -0.319. The SMILES string of the molecule is CN(C=O)C(OC=O)(C([NH-])=O)C(=O)O.CN1C(=O)C2(C(=O)[N-]C2=O)C1=O.O=C1OC(=O)C12C(=O)OC2=O.[CH3-].[CH3-].[NH2-].[NH2-].[Y].[Y].[Y]. The van der Waals surface area contributed by atoms with Crippen LogP contribution in [0.3, 0.4) is 0 Å². The minimum absolute atomic E-state index is 0. The number of nitrogens with zero attached hydrogens (tertiary/aromatic N) is 3. The van der Waals surface area contributed by atoms with Gasteiger partial charge in [0, 0.05) is 112 Å². The molecule has 4 heterocycles. The predicted octanol–water partition coefficient (Wildman–Crippen LogP) is -2.51. The summed E-state index contributed by atoms with van der Waals surface area (Å²) >= 11 is 0. The Morgan fingerprint density at radius 3 is 1.36 bits per heavy atom. The molecule has 4 aliphatic rings. The molecule has 22 nitrogen and oxygen atoms in total. The molecule has 0 aromatic carbocycles. The number of amides is 6. The number of nitrogens with one attached hydrogen (secondary N) is 1. The molecule has 0 aliphatic carbocycles. The quantitative estimate of drug-likeness (QED) is 0.0548. The number of nitrogens with two attached hydrogens (primary N) is 2. The fourth-order valence-corrected chi connectivity index (χ4v) is 2.92. The molecule has 25 heteroatoms. The van der Waals surface area contributed by atoms with Crippen molar-refractivity contribution in [3.63, 3.8) is 0 Å².